The van der Waals surface area contributed by atoms with E-state index in [0.29, 0.717) is 10.8 Å². The first-order valence-electron chi connectivity index (χ1n) is 7.71. The molecule has 2 fully saturated rings. The Kier molecular flexibility index (Phi) is 3.87. The van der Waals surface area contributed by atoms with Gasteiger partial charge in [-0.05, 0) is 67.9 Å². The molecule has 3 unspecified atom stereocenters. The fourth-order valence-electron chi connectivity index (χ4n) is 4.67. The van der Waals surface area contributed by atoms with Crippen LogP contribution in [0.5, 0.6) is 0 Å². The lowest BCUT2D eigenvalue weighted by atomic mass is 9.52. The van der Waals surface area contributed by atoms with E-state index in [-0.39, 0.29) is 0 Å². The lowest BCUT2D eigenvalue weighted by Gasteiger charge is -2.55. The fourth-order valence-corrected chi connectivity index (χ4v) is 4.67. The first kappa shape index (κ1) is 13.4. The maximum Gasteiger partial charge on any atom is -0.00151 e. The van der Waals surface area contributed by atoms with Gasteiger partial charge >= 0.3 is 0 Å². The molecule has 100 valence electrons. The Balaban J connectivity index is 2.15. The van der Waals surface area contributed by atoms with Crippen molar-refractivity contribution >= 4 is 0 Å². The summed E-state index contributed by atoms with van der Waals surface area (Å²) >= 11 is 0. The summed E-state index contributed by atoms with van der Waals surface area (Å²) in [4.78, 5) is 0. The van der Waals surface area contributed by atoms with E-state index in [9.17, 15) is 0 Å². The van der Waals surface area contributed by atoms with Crippen molar-refractivity contribution in [3.63, 3.8) is 0 Å². The second kappa shape index (κ2) is 4.91. The van der Waals surface area contributed by atoms with E-state index in [4.69, 9.17) is 0 Å². The van der Waals surface area contributed by atoms with E-state index in [2.05, 4.69) is 33.0 Å². The zero-order chi connectivity index (χ0) is 12.5. The largest absolute Gasteiger partial charge is 0.316 e. The molecule has 0 bridgehead atoms. The second-order valence-corrected chi connectivity index (χ2v) is 7.44. The van der Waals surface area contributed by atoms with Crippen LogP contribution >= 0.6 is 0 Å². The summed E-state index contributed by atoms with van der Waals surface area (Å²) in [6.07, 6.45) is 8.56. The summed E-state index contributed by atoms with van der Waals surface area (Å²) in [6, 6.07) is 0. The predicted octanol–water partition coefficient (Wildman–Crippen LogP) is 4.23. The van der Waals surface area contributed by atoms with Gasteiger partial charge < -0.3 is 5.32 Å². The third kappa shape index (κ3) is 2.54. The minimum atomic E-state index is 0.590. The molecule has 2 aliphatic rings. The normalized spacial score (nSPS) is 41.6. The van der Waals surface area contributed by atoms with Crippen molar-refractivity contribution in [3.8, 4) is 0 Å². The lowest BCUT2D eigenvalue weighted by molar-refractivity contribution is -0.0379. The van der Waals surface area contributed by atoms with Crippen LogP contribution in [0.15, 0.2) is 0 Å². The highest BCUT2D eigenvalue weighted by Gasteiger charge is 2.48. The zero-order valence-corrected chi connectivity index (χ0v) is 12.3. The number of rotatable bonds is 2. The van der Waals surface area contributed by atoms with E-state index in [1.807, 2.05) is 0 Å². The molecule has 1 aliphatic heterocycles. The van der Waals surface area contributed by atoms with Gasteiger partial charge in [-0.15, -0.1) is 0 Å². The summed E-state index contributed by atoms with van der Waals surface area (Å²) in [5.41, 5.74) is 1.27. The van der Waals surface area contributed by atoms with E-state index in [1.54, 1.807) is 0 Å². The van der Waals surface area contributed by atoms with Crippen molar-refractivity contribution in [3.05, 3.63) is 0 Å². The number of piperidine rings is 1. The minimum Gasteiger partial charge on any atom is -0.316 e. The maximum absolute atomic E-state index is 3.63. The van der Waals surface area contributed by atoms with Gasteiger partial charge in [0.1, 0.15) is 0 Å². The van der Waals surface area contributed by atoms with Crippen LogP contribution in [0.3, 0.4) is 0 Å². The van der Waals surface area contributed by atoms with Crippen molar-refractivity contribution in [1.29, 1.82) is 0 Å². The van der Waals surface area contributed by atoms with Crippen molar-refractivity contribution in [2.24, 2.45) is 22.7 Å². The Morgan fingerprint density at radius 3 is 2.59 bits per heavy atom. The van der Waals surface area contributed by atoms with Gasteiger partial charge in [0.25, 0.3) is 0 Å². The highest BCUT2D eigenvalue weighted by atomic mass is 14.9. The molecule has 2 rings (SSSR count). The van der Waals surface area contributed by atoms with Gasteiger partial charge in [-0.1, -0.05) is 34.1 Å². The molecule has 0 radical (unpaired) electrons. The first-order valence-corrected chi connectivity index (χ1v) is 7.71. The lowest BCUT2D eigenvalue weighted by Crippen LogP contribution is -2.51. The van der Waals surface area contributed by atoms with Crippen molar-refractivity contribution in [2.45, 2.75) is 66.2 Å². The third-order valence-corrected chi connectivity index (χ3v) is 5.72. The molecule has 1 spiro atoms. The monoisotopic (exact) mass is 237 g/mol. The van der Waals surface area contributed by atoms with Crippen molar-refractivity contribution < 1.29 is 0 Å². The molecule has 0 amide bonds. The van der Waals surface area contributed by atoms with E-state index in [0.717, 1.165) is 11.8 Å². The average molecular weight is 237 g/mol. The van der Waals surface area contributed by atoms with Crippen LogP contribution < -0.4 is 5.32 Å². The van der Waals surface area contributed by atoms with Gasteiger partial charge in [0.15, 0.2) is 0 Å². The molecule has 1 heteroatoms. The molecule has 17 heavy (non-hydrogen) atoms. The van der Waals surface area contributed by atoms with Gasteiger partial charge in [-0.2, -0.15) is 0 Å². The van der Waals surface area contributed by atoms with Crippen molar-refractivity contribution in [2.75, 3.05) is 13.1 Å². The predicted molar refractivity (Wildman–Crippen MR) is 75.1 cm³/mol. The average Bonchev–Trinajstić information content (AvgIpc) is 2.26. The van der Waals surface area contributed by atoms with Gasteiger partial charge in [-0.25, -0.2) is 0 Å². The summed E-state index contributed by atoms with van der Waals surface area (Å²) < 4.78 is 0. The number of hydrogen-bond acceptors (Lipinski definition) is 1. The molecule has 3 atom stereocenters. The molecule has 0 aromatic heterocycles. The van der Waals surface area contributed by atoms with Crippen LogP contribution in [0.1, 0.15) is 66.2 Å². The van der Waals surface area contributed by atoms with Crippen LogP contribution in [0, 0.1) is 22.7 Å². The third-order valence-electron chi connectivity index (χ3n) is 5.72. The molecule has 1 saturated carbocycles. The van der Waals surface area contributed by atoms with Gasteiger partial charge in [0, 0.05) is 0 Å². The molecule has 1 nitrogen and oxygen atoms in total. The maximum atomic E-state index is 3.63. The SMILES string of the molecule is CCCC1CNCCC12CCC(C)(C)CC2C. The molecule has 1 aliphatic carbocycles. The number of hydrogen-bond donors (Lipinski definition) is 1. The summed E-state index contributed by atoms with van der Waals surface area (Å²) in [7, 11) is 0. The Labute approximate surface area is 108 Å². The van der Waals surface area contributed by atoms with Gasteiger partial charge in [-0.3, -0.25) is 0 Å². The standard InChI is InChI=1S/C16H31N/c1-5-6-14-12-17-10-9-16(14)8-7-15(3,4)11-13(16)2/h13-14,17H,5-12H2,1-4H3. The Morgan fingerprint density at radius 1 is 1.18 bits per heavy atom. The minimum absolute atomic E-state index is 0.590. The Morgan fingerprint density at radius 2 is 1.94 bits per heavy atom. The van der Waals surface area contributed by atoms with E-state index >= 15 is 0 Å². The van der Waals surface area contributed by atoms with Crippen molar-refractivity contribution in [1.82, 2.24) is 5.32 Å². The summed E-state index contributed by atoms with van der Waals surface area (Å²) in [5, 5.41) is 3.63. The number of nitrogens with one attached hydrogen (secondary N) is 1. The Hall–Kier alpha value is -0.0400. The first-order chi connectivity index (χ1) is 8.00. The Bertz CT molecular complexity index is 256. The van der Waals surface area contributed by atoms with Gasteiger partial charge in [0.2, 0.25) is 0 Å². The topological polar surface area (TPSA) is 12.0 Å². The molecule has 1 N–H and O–H groups in total. The smallest absolute Gasteiger partial charge is 0.00151 e. The van der Waals surface area contributed by atoms with Gasteiger partial charge in [0.05, 0.1) is 0 Å². The molecular formula is C16H31N. The molecule has 0 aromatic carbocycles. The van der Waals surface area contributed by atoms with Crippen LogP contribution in [0.4, 0.5) is 0 Å². The van der Waals surface area contributed by atoms with Crippen LogP contribution in [-0.4, -0.2) is 13.1 Å². The van der Waals surface area contributed by atoms with Crippen LogP contribution in [-0.2, 0) is 0 Å². The summed E-state index contributed by atoms with van der Waals surface area (Å²) in [6.45, 7) is 12.3. The van der Waals surface area contributed by atoms with E-state index < -0.39 is 0 Å². The van der Waals surface area contributed by atoms with E-state index in [1.165, 1.54) is 51.6 Å². The quantitative estimate of drug-likeness (QED) is 0.758. The second-order valence-electron chi connectivity index (χ2n) is 7.44. The highest BCUT2D eigenvalue weighted by molar-refractivity contribution is 4.99. The fraction of sp³-hybridized carbons (Fsp3) is 1.00. The van der Waals surface area contributed by atoms with Crippen LogP contribution in [0.2, 0.25) is 0 Å². The molecule has 1 saturated heterocycles. The zero-order valence-electron chi connectivity index (χ0n) is 12.3. The molecule has 0 aromatic rings. The van der Waals surface area contributed by atoms with Crippen LogP contribution in [0.25, 0.3) is 0 Å². The summed E-state index contributed by atoms with van der Waals surface area (Å²) in [5.74, 6) is 1.86. The highest BCUT2D eigenvalue weighted by Crippen LogP contribution is 2.56. The molecule has 1 heterocycles. The molecular weight excluding hydrogens is 206 g/mol.